The van der Waals surface area contributed by atoms with Gasteiger partial charge in [0.15, 0.2) is 0 Å². The van der Waals surface area contributed by atoms with Gasteiger partial charge in [-0.25, -0.2) is 0 Å². The van der Waals surface area contributed by atoms with Gasteiger partial charge in [0.1, 0.15) is 0 Å². The molecule has 0 aromatic carbocycles. The molecular weight excluding hydrogens is 466 g/mol. The summed E-state index contributed by atoms with van der Waals surface area (Å²) in [6.45, 7) is 18.5. The number of aliphatic imine (C=N–C) groups is 2. The fourth-order valence-corrected chi connectivity index (χ4v) is 6.50. The highest BCUT2D eigenvalue weighted by Gasteiger charge is 2.36. The molecule has 0 aliphatic heterocycles. The number of nitrogens with zero attached hydrogens (tertiary/aromatic N) is 3. The standard InChI is InChI=1S/C29H61N3O3Si/c1-26(2)24-28(5)30-18-21-32(22-19-31-29(6)25-27(3)4)20-16-14-12-10-11-13-15-17-23-36(33-7,34-8)35-9/h26-27H,10-25H2,1-9H3. The van der Waals surface area contributed by atoms with Crippen LogP contribution in [0.25, 0.3) is 0 Å². The summed E-state index contributed by atoms with van der Waals surface area (Å²) in [4.78, 5) is 12.2. The van der Waals surface area contributed by atoms with Crippen LogP contribution in [0.3, 0.4) is 0 Å². The van der Waals surface area contributed by atoms with E-state index in [9.17, 15) is 0 Å². The van der Waals surface area contributed by atoms with Crippen LogP contribution in [0.2, 0.25) is 6.04 Å². The summed E-state index contributed by atoms with van der Waals surface area (Å²) in [6.07, 6.45) is 12.4. The van der Waals surface area contributed by atoms with Gasteiger partial charge in [-0.05, 0) is 57.9 Å². The molecule has 7 heteroatoms. The number of hydrogen-bond donors (Lipinski definition) is 0. The van der Waals surface area contributed by atoms with Crippen LogP contribution in [0.1, 0.15) is 106 Å². The number of hydrogen-bond acceptors (Lipinski definition) is 6. The molecule has 0 N–H and O–H groups in total. The van der Waals surface area contributed by atoms with Crippen molar-refractivity contribution < 1.29 is 13.3 Å². The molecule has 0 spiro atoms. The molecule has 36 heavy (non-hydrogen) atoms. The molecule has 0 aromatic heterocycles. The molecule has 0 saturated heterocycles. The third kappa shape index (κ3) is 19.5. The fraction of sp³-hybridized carbons (Fsp3) is 0.931. The Morgan fingerprint density at radius 1 is 0.611 bits per heavy atom. The van der Waals surface area contributed by atoms with Gasteiger partial charge < -0.3 is 13.3 Å². The van der Waals surface area contributed by atoms with E-state index in [0.717, 1.165) is 58.0 Å². The lowest BCUT2D eigenvalue weighted by atomic mass is 10.1. The van der Waals surface area contributed by atoms with Crippen molar-refractivity contribution in [2.75, 3.05) is 54.1 Å². The Bertz CT molecular complexity index is 540. The summed E-state index contributed by atoms with van der Waals surface area (Å²) in [7, 11) is 2.71. The van der Waals surface area contributed by atoms with Crippen molar-refractivity contribution in [3.05, 3.63) is 0 Å². The zero-order valence-corrected chi connectivity index (χ0v) is 26.5. The first-order valence-corrected chi connectivity index (χ1v) is 16.5. The molecular formula is C29H61N3O3Si. The Hall–Kier alpha value is -0.603. The maximum absolute atomic E-state index is 5.51. The predicted octanol–water partition coefficient (Wildman–Crippen LogP) is 7.30. The zero-order valence-electron chi connectivity index (χ0n) is 25.5. The Morgan fingerprint density at radius 3 is 1.39 bits per heavy atom. The molecule has 0 aromatic rings. The largest absolute Gasteiger partial charge is 0.500 e. The second-order valence-corrected chi connectivity index (χ2v) is 14.2. The molecule has 0 radical (unpaired) electrons. The molecule has 214 valence electrons. The van der Waals surface area contributed by atoms with Crippen molar-refractivity contribution in [3.8, 4) is 0 Å². The van der Waals surface area contributed by atoms with E-state index in [1.807, 2.05) is 0 Å². The van der Waals surface area contributed by atoms with E-state index in [0.29, 0.717) is 11.8 Å². The van der Waals surface area contributed by atoms with Crippen molar-refractivity contribution in [1.82, 2.24) is 4.90 Å². The summed E-state index contributed by atoms with van der Waals surface area (Å²) >= 11 is 0. The summed E-state index contributed by atoms with van der Waals surface area (Å²) in [6, 6.07) is 0.911. The highest BCUT2D eigenvalue weighted by Crippen LogP contribution is 2.18. The first kappa shape index (κ1) is 35.4. The van der Waals surface area contributed by atoms with E-state index in [4.69, 9.17) is 23.3 Å². The van der Waals surface area contributed by atoms with Gasteiger partial charge in [0.2, 0.25) is 0 Å². The molecule has 0 amide bonds. The highest BCUT2D eigenvalue weighted by atomic mass is 28.4. The van der Waals surface area contributed by atoms with E-state index < -0.39 is 8.80 Å². The van der Waals surface area contributed by atoms with Crippen LogP contribution in [0, 0.1) is 11.8 Å². The summed E-state index contributed by atoms with van der Waals surface area (Å²) in [5.41, 5.74) is 2.57. The van der Waals surface area contributed by atoms with Crippen molar-refractivity contribution in [2.45, 2.75) is 112 Å². The van der Waals surface area contributed by atoms with E-state index in [1.165, 1.54) is 56.4 Å². The van der Waals surface area contributed by atoms with Crippen molar-refractivity contribution in [2.24, 2.45) is 21.8 Å². The van der Waals surface area contributed by atoms with Crippen LogP contribution in [-0.2, 0) is 13.3 Å². The molecule has 0 rings (SSSR count). The Balaban J connectivity index is 4.24. The zero-order chi connectivity index (χ0) is 27.2. The number of unbranched alkanes of at least 4 members (excludes halogenated alkanes) is 7. The van der Waals surface area contributed by atoms with E-state index >= 15 is 0 Å². The lowest BCUT2D eigenvalue weighted by Crippen LogP contribution is -2.42. The number of rotatable bonds is 24. The Kier molecular flexibility index (Phi) is 22.0. The Labute approximate surface area is 226 Å². The minimum atomic E-state index is -2.38. The average molecular weight is 528 g/mol. The lowest BCUT2D eigenvalue weighted by molar-refractivity contribution is 0.122. The van der Waals surface area contributed by atoms with Gasteiger partial charge in [0, 0.05) is 51.9 Å². The van der Waals surface area contributed by atoms with Crippen LogP contribution in [0.4, 0.5) is 0 Å². The monoisotopic (exact) mass is 527 g/mol. The third-order valence-corrected chi connectivity index (χ3v) is 9.48. The SMILES string of the molecule is CO[Si](CCCCCCCCCCN(CCN=C(C)CC(C)C)CCN=C(C)CC(C)C)(OC)OC. The molecule has 0 aliphatic rings. The first-order chi connectivity index (χ1) is 17.2. The van der Waals surface area contributed by atoms with E-state index in [2.05, 4.69) is 46.4 Å². The smallest absolute Gasteiger partial charge is 0.377 e. The minimum Gasteiger partial charge on any atom is -0.377 e. The van der Waals surface area contributed by atoms with E-state index in [-0.39, 0.29) is 0 Å². The molecule has 0 aliphatic carbocycles. The van der Waals surface area contributed by atoms with Gasteiger partial charge >= 0.3 is 8.80 Å². The molecule has 0 bridgehead atoms. The van der Waals surface area contributed by atoms with Crippen molar-refractivity contribution in [3.63, 3.8) is 0 Å². The summed E-state index contributed by atoms with van der Waals surface area (Å²) in [5.74, 6) is 1.36. The second kappa shape index (κ2) is 22.4. The molecule has 0 atom stereocenters. The van der Waals surface area contributed by atoms with E-state index in [1.54, 1.807) is 21.3 Å². The van der Waals surface area contributed by atoms with Crippen LogP contribution in [0.5, 0.6) is 0 Å². The van der Waals surface area contributed by atoms with Crippen molar-refractivity contribution >= 4 is 20.2 Å². The molecule has 6 nitrogen and oxygen atoms in total. The van der Waals surface area contributed by atoms with Crippen LogP contribution in [0.15, 0.2) is 9.98 Å². The van der Waals surface area contributed by atoms with Crippen LogP contribution in [-0.4, -0.2) is 79.2 Å². The first-order valence-electron chi connectivity index (χ1n) is 14.6. The maximum Gasteiger partial charge on any atom is 0.500 e. The summed E-state index contributed by atoms with van der Waals surface area (Å²) < 4.78 is 16.5. The highest BCUT2D eigenvalue weighted by molar-refractivity contribution is 6.60. The third-order valence-electron chi connectivity index (χ3n) is 6.64. The fourth-order valence-electron chi connectivity index (χ4n) is 4.70. The van der Waals surface area contributed by atoms with Gasteiger partial charge in [-0.1, -0.05) is 66.2 Å². The quantitative estimate of drug-likeness (QED) is 0.0750. The molecule has 0 fully saturated rings. The average Bonchev–Trinajstić information content (AvgIpc) is 2.81. The topological polar surface area (TPSA) is 55.7 Å². The predicted molar refractivity (Wildman–Crippen MR) is 160 cm³/mol. The normalized spacial score (nSPS) is 13.6. The lowest BCUT2D eigenvalue weighted by Gasteiger charge is -2.24. The molecule has 0 heterocycles. The van der Waals surface area contributed by atoms with Crippen molar-refractivity contribution in [1.29, 1.82) is 0 Å². The Morgan fingerprint density at radius 2 is 1.00 bits per heavy atom. The second-order valence-electron chi connectivity index (χ2n) is 11.1. The van der Waals surface area contributed by atoms with Crippen LogP contribution >= 0.6 is 0 Å². The van der Waals surface area contributed by atoms with Crippen LogP contribution < -0.4 is 0 Å². The van der Waals surface area contributed by atoms with Gasteiger partial charge in [-0.15, -0.1) is 0 Å². The maximum atomic E-state index is 5.51. The summed E-state index contributed by atoms with van der Waals surface area (Å²) in [5, 5.41) is 0. The van der Waals surface area contributed by atoms with Gasteiger partial charge in [0.25, 0.3) is 0 Å². The minimum absolute atomic E-state index is 0.680. The molecule has 0 saturated carbocycles. The van der Waals surface area contributed by atoms with Gasteiger partial charge in [-0.2, -0.15) is 0 Å². The van der Waals surface area contributed by atoms with Gasteiger partial charge in [0.05, 0.1) is 13.1 Å². The van der Waals surface area contributed by atoms with Gasteiger partial charge in [-0.3, -0.25) is 14.9 Å². The molecule has 0 unspecified atom stereocenters.